The number of hydrogen-bond donors (Lipinski definition) is 1. The van der Waals surface area contributed by atoms with Gasteiger partial charge in [0, 0.05) is 24.9 Å². The molecule has 4 rings (SSSR count). The number of nitrogens with one attached hydrogen (secondary N) is 1. The minimum absolute atomic E-state index is 0.00491. The second-order valence-electron chi connectivity index (χ2n) is 8.08. The van der Waals surface area contributed by atoms with E-state index in [9.17, 15) is 9.59 Å². The van der Waals surface area contributed by atoms with Gasteiger partial charge in [0.2, 0.25) is 5.91 Å². The third-order valence-corrected chi connectivity index (χ3v) is 6.01. The number of amides is 2. The number of carbonyl (C=O) groups is 2. The Morgan fingerprint density at radius 2 is 2.07 bits per heavy atom. The Balaban J connectivity index is 1.70. The van der Waals surface area contributed by atoms with Gasteiger partial charge in [-0.25, -0.2) is 4.98 Å². The predicted octanol–water partition coefficient (Wildman–Crippen LogP) is 2.75. The van der Waals surface area contributed by atoms with E-state index in [0.717, 1.165) is 32.1 Å². The van der Waals surface area contributed by atoms with Crippen molar-refractivity contribution in [1.29, 1.82) is 0 Å². The lowest BCUT2D eigenvalue weighted by molar-refractivity contribution is -0.123. The first kappa shape index (κ1) is 18.6. The number of carbonyl (C=O) groups excluding carboxylic acids is 2. The number of likely N-dealkylation sites (tertiary alicyclic amines) is 1. The first-order chi connectivity index (χ1) is 13.6. The number of rotatable bonds is 3. The molecular weight excluding hydrogens is 352 g/mol. The van der Waals surface area contributed by atoms with Crippen molar-refractivity contribution in [2.24, 2.45) is 0 Å². The molecule has 3 heterocycles. The Bertz CT molecular complexity index is 842. The van der Waals surface area contributed by atoms with Gasteiger partial charge < -0.3 is 10.2 Å². The van der Waals surface area contributed by atoms with E-state index in [-0.39, 0.29) is 23.9 Å². The van der Waals surface area contributed by atoms with Crippen LogP contribution in [0.5, 0.6) is 0 Å². The van der Waals surface area contributed by atoms with Crippen molar-refractivity contribution < 1.29 is 9.59 Å². The van der Waals surface area contributed by atoms with Crippen molar-refractivity contribution in [3.8, 4) is 0 Å². The molecule has 0 bridgehead atoms. The normalized spacial score (nSPS) is 27.5. The highest BCUT2D eigenvalue weighted by atomic mass is 16.2. The summed E-state index contributed by atoms with van der Waals surface area (Å²) in [6.45, 7) is 2.09. The van der Waals surface area contributed by atoms with E-state index in [2.05, 4.69) is 34.3 Å². The van der Waals surface area contributed by atoms with Crippen LogP contribution in [0.25, 0.3) is 0 Å². The van der Waals surface area contributed by atoms with Gasteiger partial charge in [0.1, 0.15) is 5.69 Å². The average molecular weight is 378 g/mol. The van der Waals surface area contributed by atoms with Crippen LogP contribution in [0.15, 0.2) is 48.9 Å². The van der Waals surface area contributed by atoms with Crippen LogP contribution < -0.4 is 5.32 Å². The molecule has 2 aromatic rings. The average Bonchev–Trinajstić information content (AvgIpc) is 2.95. The quantitative estimate of drug-likeness (QED) is 0.891. The zero-order valence-electron chi connectivity index (χ0n) is 16.2. The van der Waals surface area contributed by atoms with E-state index in [1.807, 2.05) is 23.1 Å². The summed E-state index contributed by atoms with van der Waals surface area (Å²) >= 11 is 0. The molecule has 0 unspecified atom stereocenters. The molecule has 6 heteroatoms. The molecule has 2 aliphatic rings. The van der Waals surface area contributed by atoms with Gasteiger partial charge in [0.05, 0.1) is 17.8 Å². The standard InChI is InChI=1S/C22H26N4O2/c1-22-14-17(13-16-7-3-2-4-8-16)26(21(28)18-15-23-11-12-24-18)19(22)9-5-6-10-20(27)25-22/h2-4,7-8,11-12,15,17,19H,5-6,9-10,13-14H2,1H3,(H,25,27)/t17-,19+,22+/m1/s1. The van der Waals surface area contributed by atoms with E-state index in [0.29, 0.717) is 12.1 Å². The highest BCUT2D eigenvalue weighted by molar-refractivity contribution is 5.93. The Kier molecular flexibility index (Phi) is 5.11. The summed E-state index contributed by atoms with van der Waals surface area (Å²) in [5.74, 6) is -0.0166. The lowest BCUT2D eigenvalue weighted by Crippen LogP contribution is -2.56. The number of fused-ring (bicyclic) bond motifs is 1. The van der Waals surface area contributed by atoms with E-state index < -0.39 is 5.54 Å². The molecule has 1 aromatic heterocycles. The van der Waals surface area contributed by atoms with E-state index in [4.69, 9.17) is 0 Å². The molecule has 0 saturated carbocycles. The summed E-state index contributed by atoms with van der Waals surface area (Å²) in [6.07, 6.45) is 9.39. The SMILES string of the molecule is C[C@]12C[C@@H](Cc3ccccc3)N(C(=O)c3cnccn3)[C@H]1CCCCC(=O)N2. The van der Waals surface area contributed by atoms with Crippen LogP contribution in [-0.2, 0) is 11.2 Å². The molecule has 0 aliphatic carbocycles. The zero-order valence-corrected chi connectivity index (χ0v) is 16.2. The molecule has 1 N–H and O–H groups in total. The van der Waals surface area contributed by atoms with Crippen molar-refractivity contribution in [1.82, 2.24) is 20.2 Å². The number of aromatic nitrogens is 2. The molecule has 0 spiro atoms. The molecule has 2 aliphatic heterocycles. The molecule has 146 valence electrons. The molecule has 2 fully saturated rings. The van der Waals surface area contributed by atoms with Crippen molar-refractivity contribution in [3.05, 3.63) is 60.2 Å². The Hall–Kier alpha value is -2.76. The van der Waals surface area contributed by atoms with Gasteiger partial charge in [-0.05, 0) is 38.2 Å². The molecule has 2 saturated heterocycles. The first-order valence-corrected chi connectivity index (χ1v) is 10.0. The fourth-order valence-electron chi connectivity index (χ4n) is 4.79. The van der Waals surface area contributed by atoms with Gasteiger partial charge in [0.25, 0.3) is 5.91 Å². The molecule has 0 radical (unpaired) electrons. The monoisotopic (exact) mass is 378 g/mol. The topological polar surface area (TPSA) is 75.2 Å². The number of benzene rings is 1. The van der Waals surface area contributed by atoms with Crippen LogP contribution >= 0.6 is 0 Å². The maximum absolute atomic E-state index is 13.4. The molecule has 28 heavy (non-hydrogen) atoms. The minimum atomic E-state index is -0.422. The molecule has 2 amide bonds. The molecule has 1 aromatic carbocycles. The van der Waals surface area contributed by atoms with Crippen LogP contribution in [0.4, 0.5) is 0 Å². The van der Waals surface area contributed by atoms with Gasteiger partial charge in [-0.15, -0.1) is 0 Å². The second kappa shape index (κ2) is 7.70. The van der Waals surface area contributed by atoms with Crippen molar-refractivity contribution in [2.75, 3.05) is 0 Å². The van der Waals surface area contributed by atoms with Gasteiger partial charge >= 0.3 is 0 Å². The van der Waals surface area contributed by atoms with E-state index in [1.165, 1.54) is 11.8 Å². The van der Waals surface area contributed by atoms with Gasteiger partial charge in [-0.2, -0.15) is 0 Å². The zero-order chi connectivity index (χ0) is 19.6. The van der Waals surface area contributed by atoms with Crippen LogP contribution in [0.3, 0.4) is 0 Å². The van der Waals surface area contributed by atoms with Gasteiger partial charge in [0.15, 0.2) is 0 Å². The molecule has 3 atom stereocenters. The summed E-state index contributed by atoms with van der Waals surface area (Å²) in [6, 6.07) is 10.2. The smallest absolute Gasteiger partial charge is 0.274 e. The molecule has 6 nitrogen and oxygen atoms in total. The summed E-state index contributed by atoms with van der Waals surface area (Å²) in [7, 11) is 0. The van der Waals surface area contributed by atoms with Crippen LogP contribution in [0, 0.1) is 0 Å². The van der Waals surface area contributed by atoms with Crippen LogP contribution in [0.2, 0.25) is 0 Å². The maximum Gasteiger partial charge on any atom is 0.274 e. The summed E-state index contributed by atoms with van der Waals surface area (Å²) in [5.41, 5.74) is 1.13. The molecular formula is C22H26N4O2. The lowest BCUT2D eigenvalue weighted by atomic mass is 9.85. The van der Waals surface area contributed by atoms with Crippen molar-refractivity contribution in [2.45, 2.75) is 63.1 Å². The highest BCUT2D eigenvalue weighted by Crippen LogP contribution is 2.39. The minimum Gasteiger partial charge on any atom is -0.349 e. The third kappa shape index (κ3) is 3.63. The Morgan fingerprint density at radius 1 is 1.25 bits per heavy atom. The highest BCUT2D eigenvalue weighted by Gasteiger charge is 2.52. The fraction of sp³-hybridized carbons (Fsp3) is 0.455. The summed E-state index contributed by atoms with van der Waals surface area (Å²) in [4.78, 5) is 36.1. The number of nitrogens with zero attached hydrogens (tertiary/aromatic N) is 3. The van der Waals surface area contributed by atoms with Crippen molar-refractivity contribution >= 4 is 11.8 Å². The van der Waals surface area contributed by atoms with Gasteiger partial charge in [-0.3, -0.25) is 14.6 Å². The Labute approximate surface area is 165 Å². The fourth-order valence-corrected chi connectivity index (χ4v) is 4.79. The van der Waals surface area contributed by atoms with Crippen LogP contribution in [-0.4, -0.2) is 44.3 Å². The third-order valence-electron chi connectivity index (χ3n) is 6.01. The van der Waals surface area contributed by atoms with Gasteiger partial charge in [-0.1, -0.05) is 36.8 Å². The first-order valence-electron chi connectivity index (χ1n) is 10.0. The van der Waals surface area contributed by atoms with Crippen LogP contribution in [0.1, 0.15) is 55.1 Å². The van der Waals surface area contributed by atoms with Crippen molar-refractivity contribution in [3.63, 3.8) is 0 Å². The second-order valence-corrected chi connectivity index (χ2v) is 8.08. The Morgan fingerprint density at radius 3 is 2.82 bits per heavy atom. The lowest BCUT2D eigenvalue weighted by Gasteiger charge is -2.38. The van der Waals surface area contributed by atoms with E-state index in [1.54, 1.807) is 12.4 Å². The maximum atomic E-state index is 13.4. The van der Waals surface area contributed by atoms with E-state index >= 15 is 0 Å². The predicted molar refractivity (Wildman–Crippen MR) is 106 cm³/mol. The summed E-state index contributed by atoms with van der Waals surface area (Å²) in [5, 5.41) is 3.24. The largest absolute Gasteiger partial charge is 0.349 e. The summed E-state index contributed by atoms with van der Waals surface area (Å²) < 4.78 is 0. The number of hydrogen-bond acceptors (Lipinski definition) is 4.